The number of esters is 1. The van der Waals surface area contributed by atoms with Crippen molar-refractivity contribution in [3.8, 4) is 0 Å². The SMILES string of the molecule is CC(=O)O[C@@H]1CC[C@]2(C)[C@H](CC[C@]3(C)[C@H]2CC[C@@H]2[C@@H]4[C@H]5OC[C@@]4(CCC5(C)C)CC[C@@]23C)C1(C)C. The summed E-state index contributed by atoms with van der Waals surface area (Å²) in [6, 6.07) is 0. The molecule has 10 atom stereocenters. The van der Waals surface area contributed by atoms with Gasteiger partial charge in [-0.1, -0.05) is 48.5 Å². The molecule has 198 valence electrons. The fourth-order valence-electron chi connectivity index (χ4n) is 12.4. The van der Waals surface area contributed by atoms with Crippen molar-refractivity contribution in [1.29, 1.82) is 0 Å². The molecule has 35 heavy (non-hydrogen) atoms. The van der Waals surface area contributed by atoms with E-state index in [9.17, 15) is 4.79 Å². The average molecular weight is 485 g/mol. The van der Waals surface area contributed by atoms with Gasteiger partial charge < -0.3 is 9.47 Å². The first kappa shape index (κ1) is 24.7. The molecular formula is C32H52O3. The van der Waals surface area contributed by atoms with Crippen LogP contribution in [-0.4, -0.2) is 24.8 Å². The Labute approximate surface area is 214 Å². The van der Waals surface area contributed by atoms with E-state index in [4.69, 9.17) is 9.47 Å². The second-order valence-corrected chi connectivity index (χ2v) is 16.2. The lowest BCUT2D eigenvalue weighted by Gasteiger charge is -2.73. The molecule has 0 amide bonds. The Hall–Kier alpha value is -0.570. The normalized spacial score (nSPS) is 55.7. The summed E-state index contributed by atoms with van der Waals surface area (Å²) in [6.07, 6.45) is 13.7. The van der Waals surface area contributed by atoms with Crippen LogP contribution < -0.4 is 0 Å². The maximum Gasteiger partial charge on any atom is 0.302 e. The van der Waals surface area contributed by atoms with E-state index < -0.39 is 0 Å². The van der Waals surface area contributed by atoms with Gasteiger partial charge in [0.05, 0.1) is 12.7 Å². The highest BCUT2D eigenvalue weighted by Crippen LogP contribution is 2.78. The Bertz CT molecular complexity index is 906. The summed E-state index contributed by atoms with van der Waals surface area (Å²) in [5, 5.41) is 0. The Kier molecular flexibility index (Phi) is 5.16. The van der Waals surface area contributed by atoms with E-state index in [-0.39, 0.29) is 17.5 Å². The van der Waals surface area contributed by atoms with E-state index >= 15 is 0 Å². The van der Waals surface area contributed by atoms with Crippen LogP contribution in [0.3, 0.4) is 0 Å². The minimum absolute atomic E-state index is 0.0503. The van der Waals surface area contributed by atoms with Gasteiger partial charge in [-0.25, -0.2) is 0 Å². The smallest absolute Gasteiger partial charge is 0.302 e. The van der Waals surface area contributed by atoms with Gasteiger partial charge in [-0.2, -0.15) is 0 Å². The molecular weight excluding hydrogens is 432 g/mol. The van der Waals surface area contributed by atoms with Crippen molar-refractivity contribution in [2.24, 2.45) is 56.2 Å². The van der Waals surface area contributed by atoms with Crippen molar-refractivity contribution in [2.45, 2.75) is 132 Å². The van der Waals surface area contributed by atoms with Gasteiger partial charge in [0.2, 0.25) is 0 Å². The molecule has 0 radical (unpaired) electrons. The van der Waals surface area contributed by atoms with Crippen molar-refractivity contribution in [3.05, 3.63) is 0 Å². The fourth-order valence-corrected chi connectivity index (χ4v) is 12.4. The number of carbonyl (C=O) groups excluding carboxylic acids is 1. The van der Waals surface area contributed by atoms with Gasteiger partial charge in [0.1, 0.15) is 6.10 Å². The number of rotatable bonds is 1. The molecule has 6 aliphatic rings. The van der Waals surface area contributed by atoms with Gasteiger partial charge in [0.15, 0.2) is 0 Å². The van der Waals surface area contributed by atoms with Gasteiger partial charge in [-0.05, 0) is 115 Å². The molecule has 3 heteroatoms. The van der Waals surface area contributed by atoms with Gasteiger partial charge in [0, 0.05) is 12.3 Å². The summed E-state index contributed by atoms with van der Waals surface area (Å²) in [4.78, 5) is 11.9. The molecule has 3 nitrogen and oxygen atoms in total. The summed E-state index contributed by atoms with van der Waals surface area (Å²) in [5.74, 6) is 2.88. The lowest BCUT2D eigenvalue weighted by Crippen LogP contribution is -2.67. The Balaban J connectivity index is 1.35. The van der Waals surface area contributed by atoms with Gasteiger partial charge in [-0.3, -0.25) is 4.79 Å². The second kappa shape index (κ2) is 7.29. The highest BCUT2D eigenvalue weighted by molar-refractivity contribution is 5.66. The van der Waals surface area contributed by atoms with Crippen LogP contribution in [0.1, 0.15) is 120 Å². The van der Waals surface area contributed by atoms with Crippen molar-refractivity contribution in [2.75, 3.05) is 6.61 Å². The molecule has 0 aromatic carbocycles. The van der Waals surface area contributed by atoms with E-state index in [2.05, 4.69) is 48.5 Å². The molecule has 6 fully saturated rings. The average Bonchev–Trinajstić information content (AvgIpc) is 3.10. The fraction of sp³-hybridized carbons (Fsp3) is 0.969. The summed E-state index contributed by atoms with van der Waals surface area (Å²) in [5.41, 5.74) is 2.00. The first-order valence-electron chi connectivity index (χ1n) is 15.0. The molecule has 0 N–H and O–H groups in total. The van der Waals surface area contributed by atoms with Crippen molar-refractivity contribution in [1.82, 2.24) is 0 Å². The third kappa shape index (κ3) is 2.97. The largest absolute Gasteiger partial charge is 0.462 e. The molecule has 1 aliphatic heterocycles. The third-order valence-electron chi connectivity index (χ3n) is 14.4. The summed E-state index contributed by atoms with van der Waals surface area (Å²) < 4.78 is 12.7. The lowest BCUT2D eigenvalue weighted by atomic mass is 9.31. The predicted molar refractivity (Wildman–Crippen MR) is 140 cm³/mol. The standard InChI is InChI=1S/C32H52O3/c1-20(33)35-24-12-13-29(6)22(28(24,4)5)11-14-31(8)23(29)10-9-21-25-26-27(2,3)15-17-32(25,19-34-26)18-16-30(21,31)7/h21-26H,9-19H2,1-8H3/t21-,22-,23+,24-,25-,26-,29-,30+,31-,32-/m1/s1. The minimum Gasteiger partial charge on any atom is -0.462 e. The Morgan fingerprint density at radius 3 is 2.20 bits per heavy atom. The molecule has 1 saturated heterocycles. The van der Waals surface area contributed by atoms with E-state index in [0.717, 1.165) is 30.8 Å². The molecule has 5 aliphatic carbocycles. The third-order valence-corrected chi connectivity index (χ3v) is 14.4. The number of fused-ring (bicyclic) bond motifs is 5. The number of hydrogen-bond acceptors (Lipinski definition) is 3. The zero-order chi connectivity index (χ0) is 25.2. The van der Waals surface area contributed by atoms with Crippen LogP contribution in [0, 0.1) is 56.2 Å². The summed E-state index contributed by atoms with van der Waals surface area (Å²) in [7, 11) is 0. The molecule has 2 bridgehead atoms. The van der Waals surface area contributed by atoms with E-state index in [1.807, 2.05) is 0 Å². The van der Waals surface area contributed by atoms with Crippen LogP contribution in [-0.2, 0) is 14.3 Å². The summed E-state index contributed by atoms with van der Waals surface area (Å²) in [6.45, 7) is 20.5. The molecule has 1 heterocycles. The molecule has 0 aromatic heterocycles. The number of carbonyl (C=O) groups is 1. The van der Waals surface area contributed by atoms with Gasteiger partial charge in [0.25, 0.3) is 0 Å². The van der Waals surface area contributed by atoms with Crippen molar-refractivity contribution >= 4 is 5.97 Å². The lowest BCUT2D eigenvalue weighted by molar-refractivity contribution is -0.254. The second-order valence-electron chi connectivity index (χ2n) is 16.2. The Morgan fingerprint density at radius 2 is 1.49 bits per heavy atom. The first-order valence-corrected chi connectivity index (χ1v) is 15.0. The zero-order valence-electron chi connectivity index (χ0n) is 24.0. The Morgan fingerprint density at radius 1 is 0.771 bits per heavy atom. The van der Waals surface area contributed by atoms with E-state index in [1.54, 1.807) is 6.92 Å². The monoisotopic (exact) mass is 484 g/mol. The van der Waals surface area contributed by atoms with E-state index in [1.165, 1.54) is 57.8 Å². The quantitative estimate of drug-likeness (QED) is 0.356. The topological polar surface area (TPSA) is 35.5 Å². The number of ether oxygens (including phenoxy) is 2. The van der Waals surface area contributed by atoms with Gasteiger partial charge >= 0.3 is 5.97 Å². The van der Waals surface area contributed by atoms with E-state index in [0.29, 0.717) is 39.1 Å². The highest BCUT2D eigenvalue weighted by Gasteiger charge is 2.72. The van der Waals surface area contributed by atoms with Crippen LogP contribution in [0.5, 0.6) is 0 Å². The van der Waals surface area contributed by atoms with Crippen LogP contribution >= 0.6 is 0 Å². The van der Waals surface area contributed by atoms with Gasteiger partial charge in [-0.15, -0.1) is 0 Å². The molecule has 0 unspecified atom stereocenters. The summed E-state index contributed by atoms with van der Waals surface area (Å²) >= 11 is 0. The molecule has 0 spiro atoms. The molecule has 0 aromatic rings. The predicted octanol–water partition coefficient (Wildman–Crippen LogP) is 7.81. The van der Waals surface area contributed by atoms with Crippen LogP contribution in [0.15, 0.2) is 0 Å². The highest BCUT2D eigenvalue weighted by atomic mass is 16.5. The van der Waals surface area contributed by atoms with Crippen molar-refractivity contribution < 1.29 is 14.3 Å². The van der Waals surface area contributed by atoms with Crippen LogP contribution in [0.25, 0.3) is 0 Å². The molecule has 6 rings (SSSR count). The number of hydrogen-bond donors (Lipinski definition) is 0. The maximum absolute atomic E-state index is 11.9. The minimum atomic E-state index is -0.108. The zero-order valence-corrected chi connectivity index (χ0v) is 24.0. The van der Waals surface area contributed by atoms with Crippen LogP contribution in [0.2, 0.25) is 0 Å². The first-order chi connectivity index (χ1) is 16.2. The maximum atomic E-state index is 11.9. The molecule has 5 saturated carbocycles. The van der Waals surface area contributed by atoms with Crippen molar-refractivity contribution in [3.63, 3.8) is 0 Å². The van der Waals surface area contributed by atoms with Crippen LogP contribution in [0.4, 0.5) is 0 Å².